The first kappa shape index (κ1) is 21.3. The van der Waals surface area contributed by atoms with Crippen molar-refractivity contribution in [3.05, 3.63) is 57.0 Å². The van der Waals surface area contributed by atoms with Gasteiger partial charge in [0.25, 0.3) is 0 Å². The van der Waals surface area contributed by atoms with E-state index in [2.05, 4.69) is 27.3 Å². The predicted octanol–water partition coefficient (Wildman–Crippen LogP) is 5.81. The molecule has 2 aromatic rings. The lowest BCUT2D eigenvalue weighted by Gasteiger charge is -2.22. The van der Waals surface area contributed by atoms with Crippen LogP contribution in [0.1, 0.15) is 31.0 Å². The molecule has 2 rings (SSSR count). The van der Waals surface area contributed by atoms with Gasteiger partial charge in [0.05, 0.1) is 42.1 Å². The number of ether oxygens (including phenoxy) is 2. The van der Waals surface area contributed by atoms with Crippen LogP contribution in [0.3, 0.4) is 0 Å². The maximum atomic E-state index is 8.93. The van der Waals surface area contributed by atoms with E-state index in [0.717, 1.165) is 21.5 Å². The largest absolute Gasteiger partial charge is 0.496 e. The average Bonchev–Trinajstić information content (AvgIpc) is 2.64. The van der Waals surface area contributed by atoms with Crippen LogP contribution in [-0.2, 0) is 4.74 Å². The summed E-state index contributed by atoms with van der Waals surface area (Å²) in [6, 6.07) is 12.8. The van der Waals surface area contributed by atoms with Gasteiger partial charge in [0.1, 0.15) is 5.75 Å². The Morgan fingerprint density at radius 1 is 1.20 bits per heavy atom. The third kappa shape index (κ3) is 5.93. The zero-order valence-corrected chi connectivity index (χ0v) is 17.1. The Labute approximate surface area is 162 Å². The molecule has 4 nitrogen and oxygen atoms in total. The quantitative estimate of drug-likeness (QED) is 0.634. The summed E-state index contributed by atoms with van der Waals surface area (Å²) in [6.07, 6.45) is 0. The first-order chi connectivity index (χ1) is 12.1. The molecular formula is C19H22BrClN2O2. The van der Waals surface area contributed by atoms with Gasteiger partial charge in [-0.15, -0.1) is 0 Å². The molecule has 2 aromatic carbocycles. The fraction of sp³-hybridized carbons (Fsp3) is 0.316. The number of methoxy groups -OCH3 is 2. The van der Waals surface area contributed by atoms with Crippen molar-refractivity contribution < 1.29 is 9.47 Å². The molecule has 0 aliphatic rings. The predicted molar refractivity (Wildman–Crippen MR) is 106 cm³/mol. The van der Waals surface area contributed by atoms with Crippen molar-refractivity contribution in [3.63, 3.8) is 0 Å². The summed E-state index contributed by atoms with van der Waals surface area (Å²) in [5, 5.41) is 12.8. The SMILES string of the molecule is CC.COCC(Nc1ccc(C#N)cc1Cl)c1cc(Br)ccc1OC. The Morgan fingerprint density at radius 3 is 2.48 bits per heavy atom. The van der Waals surface area contributed by atoms with Crippen LogP contribution in [0.2, 0.25) is 5.02 Å². The first-order valence-corrected chi connectivity index (χ1v) is 9.04. The lowest BCUT2D eigenvalue weighted by Crippen LogP contribution is -2.17. The number of nitriles is 1. The van der Waals surface area contributed by atoms with Crippen LogP contribution in [0.15, 0.2) is 40.9 Å². The van der Waals surface area contributed by atoms with E-state index in [1.54, 1.807) is 32.4 Å². The van der Waals surface area contributed by atoms with Gasteiger partial charge in [0, 0.05) is 17.1 Å². The van der Waals surface area contributed by atoms with Gasteiger partial charge in [0.2, 0.25) is 0 Å². The highest BCUT2D eigenvalue weighted by Gasteiger charge is 2.18. The molecule has 134 valence electrons. The Kier molecular flexibility index (Phi) is 9.36. The third-order valence-corrected chi connectivity index (χ3v) is 4.13. The highest BCUT2D eigenvalue weighted by molar-refractivity contribution is 9.10. The average molecular weight is 426 g/mol. The van der Waals surface area contributed by atoms with Gasteiger partial charge in [-0.2, -0.15) is 5.26 Å². The van der Waals surface area contributed by atoms with Crippen molar-refractivity contribution in [3.8, 4) is 11.8 Å². The molecule has 1 atom stereocenters. The molecule has 0 bridgehead atoms. The van der Waals surface area contributed by atoms with Crippen molar-refractivity contribution in [2.24, 2.45) is 0 Å². The number of benzene rings is 2. The molecule has 0 aromatic heterocycles. The molecule has 0 amide bonds. The Balaban J connectivity index is 0.00000151. The summed E-state index contributed by atoms with van der Waals surface area (Å²) in [6.45, 7) is 4.43. The van der Waals surface area contributed by atoms with Gasteiger partial charge in [-0.25, -0.2) is 0 Å². The monoisotopic (exact) mass is 424 g/mol. The molecule has 6 heteroatoms. The van der Waals surface area contributed by atoms with Crippen molar-refractivity contribution in [1.29, 1.82) is 5.26 Å². The molecule has 0 spiro atoms. The van der Waals surface area contributed by atoms with E-state index in [-0.39, 0.29) is 6.04 Å². The van der Waals surface area contributed by atoms with Crippen LogP contribution < -0.4 is 10.1 Å². The fourth-order valence-electron chi connectivity index (χ4n) is 2.24. The minimum absolute atomic E-state index is 0.155. The van der Waals surface area contributed by atoms with Crippen molar-refractivity contribution in [2.75, 3.05) is 26.1 Å². The molecular weight excluding hydrogens is 404 g/mol. The molecule has 0 saturated carbocycles. The van der Waals surface area contributed by atoms with Gasteiger partial charge in [-0.3, -0.25) is 0 Å². The highest BCUT2D eigenvalue weighted by atomic mass is 79.9. The molecule has 25 heavy (non-hydrogen) atoms. The molecule has 0 heterocycles. The molecule has 1 N–H and O–H groups in total. The molecule has 0 aliphatic heterocycles. The number of anilines is 1. The molecule has 0 saturated heterocycles. The van der Waals surface area contributed by atoms with E-state index in [9.17, 15) is 0 Å². The van der Waals surface area contributed by atoms with E-state index in [1.807, 2.05) is 32.0 Å². The Hall–Kier alpha value is -1.74. The van der Waals surface area contributed by atoms with Gasteiger partial charge in [-0.1, -0.05) is 41.4 Å². The van der Waals surface area contributed by atoms with Crippen LogP contribution in [0.5, 0.6) is 5.75 Å². The number of hydrogen-bond acceptors (Lipinski definition) is 4. The van der Waals surface area contributed by atoms with E-state index in [1.165, 1.54) is 0 Å². The second-order valence-corrected chi connectivity index (χ2v) is 6.17. The lowest BCUT2D eigenvalue weighted by atomic mass is 10.1. The van der Waals surface area contributed by atoms with E-state index >= 15 is 0 Å². The fourth-order valence-corrected chi connectivity index (χ4v) is 2.86. The highest BCUT2D eigenvalue weighted by Crippen LogP contribution is 2.33. The number of halogens is 2. The van der Waals surface area contributed by atoms with Gasteiger partial charge >= 0.3 is 0 Å². The van der Waals surface area contributed by atoms with Crippen LogP contribution >= 0.6 is 27.5 Å². The standard InChI is InChI=1S/C17H16BrClN2O2.C2H6/c1-22-10-16(13-8-12(18)4-6-17(13)23-2)21-15-5-3-11(9-20)7-14(15)19;1-2/h3-8,16,21H,10H2,1-2H3;1-2H3. The maximum Gasteiger partial charge on any atom is 0.124 e. The van der Waals surface area contributed by atoms with Gasteiger partial charge < -0.3 is 14.8 Å². The summed E-state index contributed by atoms with van der Waals surface area (Å²) in [5.41, 5.74) is 2.20. The van der Waals surface area contributed by atoms with E-state index in [4.69, 9.17) is 26.3 Å². The van der Waals surface area contributed by atoms with E-state index < -0.39 is 0 Å². The summed E-state index contributed by atoms with van der Waals surface area (Å²) in [4.78, 5) is 0. The number of rotatable bonds is 6. The normalized spacial score (nSPS) is 10.9. The molecule has 1 unspecified atom stereocenters. The van der Waals surface area contributed by atoms with Gasteiger partial charge in [-0.05, 0) is 36.4 Å². The summed E-state index contributed by atoms with van der Waals surface area (Å²) in [5.74, 6) is 0.757. The minimum Gasteiger partial charge on any atom is -0.496 e. The van der Waals surface area contributed by atoms with Crippen molar-refractivity contribution in [1.82, 2.24) is 0 Å². The van der Waals surface area contributed by atoms with Crippen LogP contribution in [0.25, 0.3) is 0 Å². The molecule has 0 aliphatic carbocycles. The Morgan fingerprint density at radius 2 is 1.92 bits per heavy atom. The maximum absolute atomic E-state index is 8.93. The molecule has 0 radical (unpaired) electrons. The summed E-state index contributed by atoms with van der Waals surface area (Å²) >= 11 is 9.73. The Bertz CT molecular complexity index is 732. The second-order valence-electron chi connectivity index (χ2n) is 4.84. The third-order valence-electron chi connectivity index (χ3n) is 3.33. The first-order valence-electron chi connectivity index (χ1n) is 7.87. The minimum atomic E-state index is -0.155. The van der Waals surface area contributed by atoms with Crippen LogP contribution in [0, 0.1) is 11.3 Å². The lowest BCUT2D eigenvalue weighted by molar-refractivity contribution is 0.185. The second kappa shape index (κ2) is 11.0. The summed E-state index contributed by atoms with van der Waals surface area (Å²) < 4.78 is 11.7. The number of nitrogens with one attached hydrogen (secondary N) is 1. The number of nitrogens with zero attached hydrogens (tertiary/aromatic N) is 1. The zero-order chi connectivity index (χ0) is 18.8. The van der Waals surface area contributed by atoms with Crippen molar-refractivity contribution in [2.45, 2.75) is 19.9 Å². The van der Waals surface area contributed by atoms with Gasteiger partial charge in [0.15, 0.2) is 0 Å². The van der Waals surface area contributed by atoms with Crippen LogP contribution in [-0.4, -0.2) is 20.8 Å². The van der Waals surface area contributed by atoms with Crippen molar-refractivity contribution >= 4 is 33.2 Å². The smallest absolute Gasteiger partial charge is 0.124 e. The number of hydrogen-bond donors (Lipinski definition) is 1. The molecule has 0 fully saturated rings. The van der Waals surface area contributed by atoms with E-state index in [0.29, 0.717) is 17.2 Å². The topological polar surface area (TPSA) is 54.3 Å². The van der Waals surface area contributed by atoms with Crippen LogP contribution in [0.4, 0.5) is 5.69 Å². The summed E-state index contributed by atoms with van der Waals surface area (Å²) in [7, 11) is 3.27. The zero-order valence-electron chi connectivity index (χ0n) is 14.8.